The topological polar surface area (TPSA) is 52.3 Å². The fourth-order valence-electron chi connectivity index (χ4n) is 2.50. The van der Waals surface area contributed by atoms with Crippen LogP contribution in [-0.2, 0) is 6.61 Å². The zero-order valence-corrected chi connectivity index (χ0v) is 14.0. The minimum absolute atomic E-state index is 0.0379. The van der Waals surface area contributed by atoms with Gasteiger partial charge in [0.05, 0.1) is 12.4 Å². The third kappa shape index (κ3) is 3.09. The highest BCUT2D eigenvalue weighted by Gasteiger charge is 2.13. The predicted octanol–water partition coefficient (Wildman–Crippen LogP) is 4.30. The molecule has 0 saturated carbocycles. The van der Waals surface area contributed by atoms with Crippen molar-refractivity contribution in [3.05, 3.63) is 77.1 Å². The molecule has 0 amide bonds. The van der Waals surface area contributed by atoms with E-state index in [1.165, 1.54) is 12.3 Å². The van der Waals surface area contributed by atoms with E-state index < -0.39 is 11.6 Å². The second-order valence-electron chi connectivity index (χ2n) is 5.51. The quantitative estimate of drug-likeness (QED) is 0.536. The molecule has 130 valence electrons. The van der Waals surface area contributed by atoms with Crippen LogP contribution in [0.2, 0.25) is 5.02 Å². The van der Waals surface area contributed by atoms with Gasteiger partial charge in [0.1, 0.15) is 6.61 Å². The number of benzene rings is 2. The van der Waals surface area contributed by atoms with E-state index in [0.29, 0.717) is 27.9 Å². The van der Waals surface area contributed by atoms with Crippen molar-refractivity contribution in [2.45, 2.75) is 6.61 Å². The van der Waals surface area contributed by atoms with Crippen molar-refractivity contribution in [2.75, 3.05) is 0 Å². The summed E-state index contributed by atoms with van der Waals surface area (Å²) in [7, 11) is 0. The minimum atomic E-state index is -0.923. The molecule has 4 aromatic rings. The Morgan fingerprint density at radius 1 is 0.962 bits per heavy atom. The Morgan fingerprint density at radius 3 is 2.54 bits per heavy atom. The Balaban J connectivity index is 1.69. The lowest BCUT2D eigenvalue weighted by atomic mass is 10.2. The van der Waals surface area contributed by atoms with Crippen molar-refractivity contribution in [1.82, 2.24) is 19.6 Å². The fraction of sp³-hybridized carbons (Fsp3) is 0.0556. The smallest absolute Gasteiger partial charge is 0.220 e. The maximum atomic E-state index is 13.3. The molecule has 0 spiro atoms. The largest absolute Gasteiger partial charge is 0.473 e. The van der Waals surface area contributed by atoms with Crippen LogP contribution in [0.1, 0.15) is 5.56 Å². The lowest BCUT2D eigenvalue weighted by Gasteiger charge is -2.10. The van der Waals surface area contributed by atoms with Gasteiger partial charge in [0, 0.05) is 10.6 Å². The summed E-state index contributed by atoms with van der Waals surface area (Å²) in [5, 5.41) is 8.87. The summed E-state index contributed by atoms with van der Waals surface area (Å²) >= 11 is 5.93. The second kappa shape index (κ2) is 6.68. The van der Waals surface area contributed by atoms with Gasteiger partial charge in [-0.25, -0.2) is 13.2 Å². The van der Waals surface area contributed by atoms with Crippen molar-refractivity contribution < 1.29 is 13.5 Å². The summed E-state index contributed by atoms with van der Waals surface area (Å²) in [6, 6.07) is 10.7. The first-order chi connectivity index (χ1) is 12.6. The van der Waals surface area contributed by atoms with Crippen molar-refractivity contribution in [1.29, 1.82) is 0 Å². The Hall–Kier alpha value is -3.06. The summed E-state index contributed by atoms with van der Waals surface area (Å²) in [5.41, 5.74) is 1.78. The number of fused-ring (bicyclic) bond motifs is 1. The Labute approximate surface area is 151 Å². The Bertz CT molecular complexity index is 1080. The van der Waals surface area contributed by atoms with Gasteiger partial charge in [0.2, 0.25) is 5.88 Å². The van der Waals surface area contributed by atoms with Crippen molar-refractivity contribution in [3.8, 4) is 17.3 Å². The standard InChI is InChI=1S/C18H11ClF2N4O/c19-13-4-2-12(3-5-13)18-24-23-16-8-22-9-17(25(16)18)26-10-11-1-6-14(20)15(21)7-11/h1-9H,10H2. The van der Waals surface area contributed by atoms with Gasteiger partial charge in [0.15, 0.2) is 23.1 Å². The first-order valence-electron chi connectivity index (χ1n) is 7.63. The Morgan fingerprint density at radius 2 is 1.77 bits per heavy atom. The average Bonchev–Trinajstić information content (AvgIpc) is 3.08. The Kier molecular flexibility index (Phi) is 4.22. The molecule has 0 fully saturated rings. The van der Waals surface area contributed by atoms with Crippen LogP contribution in [-0.4, -0.2) is 19.6 Å². The van der Waals surface area contributed by atoms with Gasteiger partial charge in [-0.3, -0.25) is 4.98 Å². The van der Waals surface area contributed by atoms with E-state index in [-0.39, 0.29) is 6.61 Å². The van der Waals surface area contributed by atoms with Crippen molar-refractivity contribution in [2.24, 2.45) is 0 Å². The van der Waals surface area contributed by atoms with Gasteiger partial charge in [-0.05, 0) is 42.0 Å². The van der Waals surface area contributed by atoms with Crippen LogP contribution in [0.5, 0.6) is 5.88 Å². The van der Waals surface area contributed by atoms with Gasteiger partial charge >= 0.3 is 0 Å². The summed E-state index contributed by atoms with van der Waals surface area (Å²) < 4.78 is 33.8. The van der Waals surface area contributed by atoms with Crippen LogP contribution >= 0.6 is 11.6 Å². The second-order valence-corrected chi connectivity index (χ2v) is 5.94. The molecule has 26 heavy (non-hydrogen) atoms. The highest BCUT2D eigenvalue weighted by Crippen LogP contribution is 2.24. The molecule has 0 radical (unpaired) electrons. The number of halogens is 3. The molecule has 0 unspecified atom stereocenters. The van der Waals surface area contributed by atoms with E-state index in [1.54, 1.807) is 22.7 Å². The van der Waals surface area contributed by atoms with E-state index in [4.69, 9.17) is 16.3 Å². The lowest BCUT2D eigenvalue weighted by molar-refractivity contribution is 0.288. The summed E-state index contributed by atoms with van der Waals surface area (Å²) in [4.78, 5) is 4.07. The van der Waals surface area contributed by atoms with Gasteiger partial charge in [0.25, 0.3) is 0 Å². The van der Waals surface area contributed by atoms with E-state index >= 15 is 0 Å². The SMILES string of the molecule is Fc1ccc(COc2cncc3nnc(-c4ccc(Cl)cc4)n23)cc1F. The average molecular weight is 373 g/mol. The monoisotopic (exact) mass is 372 g/mol. The van der Waals surface area contributed by atoms with E-state index in [9.17, 15) is 8.78 Å². The highest BCUT2D eigenvalue weighted by molar-refractivity contribution is 6.30. The molecular formula is C18H11ClF2N4O. The molecule has 2 aromatic carbocycles. The van der Waals surface area contributed by atoms with Crippen molar-refractivity contribution in [3.63, 3.8) is 0 Å². The van der Waals surface area contributed by atoms with Crippen LogP contribution < -0.4 is 4.74 Å². The molecule has 5 nitrogen and oxygen atoms in total. The predicted molar refractivity (Wildman–Crippen MR) is 91.9 cm³/mol. The molecule has 4 rings (SSSR count). The number of ether oxygens (including phenoxy) is 1. The molecule has 0 aliphatic rings. The highest BCUT2D eigenvalue weighted by atomic mass is 35.5. The molecule has 2 aromatic heterocycles. The van der Waals surface area contributed by atoms with Gasteiger partial charge in [-0.1, -0.05) is 17.7 Å². The van der Waals surface area contributed by atoms with Crippen LogP contribution in [0.25, 0.3) is 17.0 Å². The van der Waals surface area contributed by atoms with Crippen LogP contribution in [0.4, 0.5) is 8.78 Å². The first kappa shape index (κ1) is 16.4. The number of aromatic nitrogens is 4. The first-order valence-corrected chi connectivity index (χ1v) is 8.01. The number of hydrogen-bond donors (Lipinski definition) is 0. The van der Waals surface area contributed by atoms with E-state index in [2.05, 4.69) is 15.2 Å². The number of nitrogens with zero attached hydrogens (tertiary/aromatic N) is 4. The zero-order chi connectivity index (χ0) is 18.1. The molecule has 0 aliphatic carbocycles. The van der Waals surface area contributed by atoms with Gasteiger partial charge in [-0.2, -0.15) is 0 Å². The molecule has 8 heteroatoms. The zero-order valence-electron chi connectivity index (χ0n) is 13.2. The van der Waals surface area contributed by atoms with Crippen LogP contribution in [0, 0.1) is 11.6 Å². The third-order valence-corrected chi connectivity index (χ3v) is 4.01. The normalized spacial score (nSPS) is 11.0. The van der Waals surface area contributed by atoms with E-state index in [1.807, 2.05) is 12.1 Å². The third-order valence-electron chi connectivity index (χ3n) is 3.76. The van der Waals surface area contributed by atoms with Crippen LogP contribution in [0.15, 0.2) is 54.9 Å². The molecule has 0 aliphatic heterocycles. The maximum absolute atomic E-state index is 13.3. The molecule has 0 N–H and O–H groups in total. The van der Waals surface area contributed by atoms with Crippen molar-refractivity contribution >= 4 is 17.2 Å². The van der Waals surface area contributed by atoms with Gasteiger partial charge in [-0.15, -0.1) is 10.2 Å². The fourth-order valence-corrected chi connectivity index (χ4v) is 2.62. The number of hydrogen-bond acceptors (Lipinski definition) is 4. The molecule has 2 heterocycles. The van der Waals surface area contributed by atoms with Crippen LogP contribution in [0.3, 0.4) is 0 Å². The molecule has 0 bridgehead atoms. The van der Waals surface area contributed by atoms with Gasteiger partial charge < -0.3 is 4.74 Å². The maximum Gasteiger partial charge on any atom is 0.220 e. The summed E-state index contributed by atoms with van der Waals surface area (Å²) in [5.74, 6) is -0.892. The molecule has 0 atom stereocenters. The van der Waals surface area contributed by atoms with E-state index in [0.717, 1.165) is 17.7 Å². The lowest BCUT2D eigenvalue weighted by Crippen LogP contribution is -2.03. The summed E-state index contributed by atoms with van der Waals surface area (Å²) in [6.45, 7) is 0.0379. The molecule has 0 saturated heterocycles. The number of rotatable bonds is 4. The summed E-state index contributed by atoms with van der Waals surface area (Å²) in [6.07, 6.45) is 3.06. The minimum Gasteiger partial charge on any atom is -0.473 e. The molecular weight excluding hydrogens is 362 g/mol.